The van der Waals surface area contributed by atoms with E-state index in [1.807, 2.05) is 0 Å². The second-order valence-electron chi connectivity index (χ2n) is 19.2. The lowest BCUT2D eigenvalue weighted by Crippen LogP contribution is -1.99. The number of unbranched alkanes of at least 4 members (excludes halogenated alkanes) is 25. The molecule has 0 radical (unpaired) electrons. The standard InChI is InChI=1S/C60H92N2/c1-3-5-7-9-25-29-33-55-49-59(61)45-43-57(55)47-53-39-35-51(36-40-53)31-27-23-21-19-17-15-13-11-12-14-16-18-20-22-24-28-32-52-37-41-54(42-38-52)48-58-44-46-60(62)50-56(58)34-30-26-10-8-6-4-2/h35-46,49-50H,3-34,47-48,61-62H2,1-2H3. The Kier molecular flexibility index (Phi) is 27.3. The van der Waals surface area contributed by atoms with Crippen molar-refractivity contribution in [3.8, 4) is 0 Å². The van der Waals surface area contributed by atoms with E-state index < -0.39 is 0 Å². The van der Waals surface area contributed by atoms with Crippen LogP contribution in [0.4, 0.5) is 11.4 Å². The average molecular weight is 841 g/mol. The third kappa shape index (κ3) is 22.7. The Morgan fingerprint density at radius 3 is 0.823 bits per heavy atom. The van der Waals surface area contributed by atoms with Crippen molar-refractivity contribution >= 4 is 11.4 Å². The van der Waals surface area contributed by atoms with Crippen LogP contribution in [0.15, 0.2) is 84.9 Å². The van der Waals surface area contributed by atoms with Crippen molar-refractivity contribution in [1.29, 1.82) is 0 Å². The molecule has 0 saturated heterocycles. The van der Waals surface area contributed by atoms with Gasteiger partial charge in [-0.05, 0) is 133 Å². The van der Waals surface area contributed by atoms with E-state index in [0.717, 1.165) is 37.1 Å². The summed E-state index contributed by atoms with van der Waals surface area (Å²) in [5.74, 6) is 0. The molecule has 2 heteroatoms. The van der Waals surface area contributed by atoms with E-state index in [1.165, 1.54) is 237 Å². The van der Waals surface area contributed by atoms with Gasteiger partial charge in [0.25, 0.3) is 0 Å². The van der Waals surface area contributed by atoms with E-state index in [4.69, 9.17) is 11.5 Å². The number of hydrogen-bond acceptors (Lipinski definition) is 2. The van der Waals surface area contributed by atoms with Crippen molar-refractivity contribution in [2.45, 2.75) is 232 Å². The molecule has 0 aliphatic carbocycles. The van der Waals surface area contributed by atoms with Crippen molar-refractivity contribution in [1.82, 2.24) is 0 Å². The van der Waals surface area contributed by atoms with Crippen LogP contribution in [0, 0.1) is 0 Å². The van der Waals surface area contributed by atoms with Gasteiger partial charge in [0.05, 0.1) is 0 Å². The van der Waals surface area contributed by atoms with E-state index in [9.17, 15) is 0 Å². The molecule has 0 aromatic heterocycles. The van der Waals surface area contributed by atoms with Crippen molar-refractivity contribution in [3.63, 3.8) is 0 Å². The number of hydrogen-bond donors (Lipinski definition) is 2. The Bertz CT molecular complexity index is 1560. The lowest BCUT2D eigenvalue weighted by Gasteiger charge is -2.12. The van der Waals surface area contributed by atoms with Gasteiger partial charge in [-0.1, -0.05) is 229 Å². The van der Waals surface area contributed by atoms with Gasteiger partial charge in [0, 0.05) is 11.4 Å². The predicted octanol–water partition coefficient (Wildman–Crippen LogP) is 17.9. The number of nitrogens with two attached hydrogens (primary N) is 2. The van der Waals surface area contributed by atoms with Crippen LogP contribution in [0.5, 0.6) is 0 Å². The molecule has 0 aliphatic heterocycles. The first-order chi connectivity index (χ1) is 30.5. The summed E-state index contributed by atoms with van der Waals surface area (Å²) in [4.78, 5) is 0. The largest absolute Gasteiger partial charge is 0.399 e. The molecule has 4 N–H and O–H groups in total. The number of aryl methyl sites for hydroxylation is 4. The molecule has 342 valence electrons. The van der Waals surface area contributed by atoms with Gasteiger partial charge in [0.1, 0.15) is 0 Å². The summed E-state index contributed by atoms with van der Waals surface area (Å²) in [6.45, 7) is 4.58. The van der Waals surface area contributed by atoms with Gasteiger partial charge in [0.2, 0.25) is 0 Å². The van der Waals surface area contributed by atoms with Crippen LogP contribution >= 0.6 is 0 Å². The highest BCUT2D eigenvalue weighted by Crippen LogP contribution is 2.24. The average Bonchev–Trinajstić information content (AvgIpc) is 3.28. The maximum absolute atomic E-state index is 6.18. The Balaban J connectivity index is 0.926. The normalized spacial score (nSPS) is 11.5. The molecular formula is C60H92N2. The molecule has 2 nitrogen and oxygen atoms in total. The molecule has 0 atom stereocenters. The molecule has 0 unspecified atom stereocenters. The van der Waals surface area contributed by atoms with Crippen LogP contribution in [0.2, 0.25) is 0 Å². The Labute approximate surface area is 382 Å². The van der Waals surface area contributed by atoms with Crippen LogP contribution in [-0.2, 0) is 38.5 Å². The first kappa shape index (κ1) is 51.1. The van der Waals surface area contributed by atoms with Crippen LogP contribution < -0.4 is 11.5 Å². The quantitative estimate of drug-likeness (QED) is 0.0351. The van der Waals surface area contributed by atoms with Gasteiger partial charge in [-0.3, -0.25) is 0 Å². The summed E-state index contributed by atoms with van der Waals surface area (Å²) in [6, 6.07) is 32.0. The molecule has 0 amide bonds. The molecule has 0 spiro atoms. The van der Waals surface area contributed by atoms with Gasteiger partial charge in [-0.2, -0.15) is 0 Å². The smallest absolute Gasteiger partial charge is 0.0316 e. The fourth-order valence-corrected chi connectivity index (χ4v) is 9.51. The summed E-state index contributed by atoms with van der Waals surface area (Å²) in [6.07, 6.45) is 45.3. The maximum Gasteiger partial charge on any atom is 0.0316 e. The van der Waals surface area contributed by atoms with E-state index >= 15 is 0 Å². The van der Waals surface area contributed by atoms with Gasteiger partial charge < -0.3 is 11.5 Å². The summed E-state index contributed by atoms with van der Waals surface area (Å²) >= 11 is 0. The first-order valence-corrected chi connectivity index (χ1v) is 26.4. The summed E-state index contributed by atoms with van der Waals surface area (Å²) in [5.41, 5.74) is 25.8. The number of benzene rings is 4. The lowest BCUT2D eigenvalue weighted by atomic mass is 9.94. The van der Waals surface area contributed by atoms with Crippen molar-refractivity contribution in [2.75, 3.05) is 11.5 Å². The van der Waals surface area contributed by atoms with Crippen LogP contribution in [0.3, 0.4) is 0 Å². The minimum absolute atomic E-state index is 0.899. The molecule has 4 aromatic rings. The summed E-state index contributed by atoms with van der Waals surface area (Å²) in [7, 11) is 0. The van der Waals surface area contributed by atoms with Crippen molar-refractivity contribution in [3.05, 3.63) is 129 Å². The minimum atomic E-state index is 0.899. The highest BCUT2D eigenvalue weighted by atomic mass is 14.5. The van der Waals surface area contributed by atoms with E-state index in [0.29, 0.717) is 0 Å². The van der Waals surface area contributed by atoms with E-state index in [-0.39, 0.29) is 0 Å². The Hall–Kier alpha value is -3.52. The molecule has 62 heavy (non-hydrogen) atoms. The monoisotopic (exact) mass is 841 g/mol. The van der Waals surface area contributed by atoms with Gasteiger partial charge >= 0.3 is 0 Å². The molecule has 4 aromatic carbocycles. The fraction of sp³-hybridized carbons (Fsp3) is 0.600. The highest BCUT2D eigenvalue weighted by Gasteiger charge is 2.08. The topological polar surface area (TPSA) is 52.0 Å². The van der Waals surface area contributed by atoms with Gasteiger partial charge in [-0.25, -0.2) is 0 Å². The van der Waals surface area contributed by atoms with E-state index in [1.54, 1.807) is 0 Å². The predicted molar refractivity (Wildman–Crippen MR) is 276 cm³/mol. The fourth-order valence-electron chi connectivity index (χ4n) is 9.51. The maximum atomic E-state index is 6.18. The Morgan fingerprint density at radius 1 is 0.258 bits per heavy atom. The second-order valence-corrected chi connectivity index (χ2v) is 19.2. The minimum Gasteiger partial charge on any atom is -0.399 e. The summed E-state index contributed by atoms with van der Waals surface area (Å²) < 4.78 is 0. The lowest BCUT2D eigenvalue weighted by molar-refractivity contribution is 0.528. The molecule has 0 saturated carbocycles. The molecule has 0 bridgehead atoms. The Morgan fingerprint density at radius 2 is 0.516 bits per heavy atom. The molecule has 4 rings (SSSR count). The van der Waals surface area contributed by atoms with Crippen LogP contribution in [0.1, 0.15) is 238 Å². The molecular weight excluding hydrogens is 749 g/mol. The molecule has 0 fully saturated rings. The number of anilines is 2. The van der Waals surface area contributed by atoms with Crippen molar-refractivity contribution in [2.24, 2.45) is 0 Å². The van der Waals surface area contributed by atoms with Gasteiger partial charge in [0.15, 0.2) is 0 Å². The second kappa shape index (κ2) is 33.1. The third-order valence-corrected chi connectivity index (χ3v) is 13.6. The van der Waals surface area contributed by atoms with E-state index in [2.05, 4.69) is 98.8 Å². The number of nitrogen functional groups attached to an aromatic ring is 2. The van der Waals surface area contributed by atoms with Gasteiger partial charge in [-0.15, -0.1) is 0 Å². The van der Waals surface area contributed by atoms with Crippen LogP contribution in [-0.4, -0.2) is 0 Å². The first-order valence-electron chi connectivity index (χ1n) is 26.4. The zero-order valence-electron chi connectivity index (χ0n) is 40.3. The highest BCUT2D eigenvalue weighted by molar-refractivity contribution is 5.47. The third-order valence-electron chi connectivity index (χ3n) is 13.6. The van der Waals surface area contributed by atoms with Crippen LogP contribution in [0.25, 0.3) is 0 Å². The molecule has 0 aliphatic rings. The number of rotatable bonds is 37. The zero-order chi connectivity index (χ0) is 43.7. The SMILES string of the molecule is CCCCCCCCc1cc(N)ccc1Cc1ccc(CCCCCCCCCCCCCCCCCCc2ccc(Cc3ccc(N)cc3CCCCCCCC)cc2)cc1. The van der Waals surface area contributed by atoms with Crippen molar-refractivity contribution < 1.29 is 0 Å². The summed E-state index contributed by atoms with van der Waals surface area (Å²) in [5, 5.41) is 0. The molecule has 0 heterocycles. The zero-order valence-corrected chi connectivity index (χ0v) is 40.3.